The maximum Gasteiger partial charge on any atom is 0.281 e. The van der Waals surface area contributed by atoms with Crippen LogP contribution in [-0.2, 0) is 24.2 Å². The van der Waals surface area contributed by atoms with Crippen molar-refractivity contribution in [3.8, 4) is 6.07 Å². The Morgan fingerprint density at radius 1 is 1.34 bits per heavy atom. The minimum Gasteiger partial charge on any atom is -0.465 e. The Hall–Kier alpha value is -3.35. The molecular formula is C23H20N4O3S2. The molecule has 3 aromatic rings. The van der Waals surface area contributed by atoms with Gasteiger partial charge < -0.3 is 14.6 Å². The number of nitrogens with zero attached hydrogens (tertiary/aromatic N) is 3. The summed E-state index contributed by atoms with van der Waals surface area (Å²) in [7, 11) is 0. The van der Waals surface area contributed by atoms with Crippen molar-refractivity contribution >= 4 is 45.3 Å². The molecule has 9 heteroatoms. The van der Waals surface area contributed by atoms with E-state index in [0.717, 1.165) is 22.6 Å². The van der Waals surface area contributed by atoms with Crippen LogP contribution in [0.4, 0.5) is 9.80 Å². The van der Waals surface area contributed by atoms with Gasteiger partial charge >= 0.3 is 0 Å². The molecule has 0 unspecified atom stereocenters. The van der Waals surface area contributed by atoms with Gasteiger partial charge in [-0.15, -0.1) is 11.3 Å². The number of amides is 2. The zero-order chi connectivity index (χ0) is 22.3. The molecule has 1 aliphatic heterocycles. The second-order valence-electron chi connectivity index (χ2n) is 7.01. The highest BCUT2D eigenvalue weighted by Gasteiger charge is 2.27. The molecule has 0 aromatic carbocycles. The van der Waals surface area contributed by atoms with Gasteiger partial charge in [0.2, 0.25) is 5.91 Å². The Morgan fingerprint density at radius 2 is 2.25 bits per heavy atom. The zero-order valence-corrected chi connectivity index (χ0v) is 18.7. The number of carbonyl (C=O) groups is 2. The Balaban J connectivity index is 1.36. The second-order valence-corrected chi connectivity index (χ2v) is 9.17. The van der Waals surface area contributed by atoms with Crippen LogP contribution in [0, 0.1) is 11.3 Å². The van der Waals surface area contributed by atoms with Crippen LogP contribution in [0.25, 0.3) is 6.08 Å². The van der Waals surface area contributed by atoms with E-state index in [4.69, 9.17) is 4.42 Å². The highest BCUT2D eigenvalue weighted by atomic mass is 32.2. The topological polar surface area (TPSA) is 99.2 Å². The number of nitrogens with one attached hydrogen (secondary N) is 1. The van der Waals surface area contributed by atoms with Gasteiger partial charge in [-0.25, -0.2) is 0 Å². The number of thioether (sulfide) groups is 1. The van der Waals surface area contributed by atoms with Crippen LogP contribution in [-0.4, -0.2) is 33.3 Å². The monoisotopic (exact) mass is 464 g/mol. The first-order valence-corrected chi connectivity index (χ1v) is 11.8. The van der Waals surface area contributed by atoms with Gasteiger partial charge in [-0.2, -0.15) is 5.26 Å². The standard InChI is InChI=1S/C23H20N4O3S2/c24-14-19-18-8-11-27(23(29)31-13-9-16-4-1-2-10-25-16)15-20(18)32-22(19)26-21(28)7-6-17-5-3-12-30-17/h1-7,10,12H,8-9,11,13,15H2,(H,26,28). The van der Waals surface area contributed by atoms with Crippen LogP contribution < -0.4 is 5.32 Å². The van der Waals surface area contributed by atoms with Gasteiger partial charge in [0.15, 0.2) is 0 Å². The lowest BCUT2D eigenvalue weighted by atomic mass is 10.0. The molecule has 162 valence electrons. The number of furan rings is 1. The predicted octanol–water partition coefficient (Wildman–Crippen LogP) is 4.71. The summed E-state index contributed by atoms with van der Waals surface area (Å²) in [6.45, 7) is 1.00. The molecule has 0 spiro atoms. The summed E-state index contributed by atoms with van der Waals surface area (Å²) in [5.41, 5.74) is 2.37. The number of pyridine rings is 1. The lowest BCUT2D eigenvalue weighted by molar-refractivity contribution is -0.111. The highest BCUT2D eigenvalue weighted by Crippen LogP contribution is 2.37. The van der Waals surface area contributed by atoms with Crippen molar-refractivity contribution in [3.05, 3.63) is 76.3 Å². The normalized spacial score (nSPS) is 13.0. The number of rotatable bonds is 6. The van der Waals surface area contributed by atoms with E-state index in [-0.39, 0.29) is 11.1 Å². The molecule has 0 saturated heterocycles. The fraction of sp³-hybridized carbons (Fsp3) is 0.217. The summed E-state index contributed by atoms with van der Waals surface area (Å²) in [4.78, 5) is 32.0. The fourth-order valence-electron chi connectivity index (χ4n) is 3.34. The molecule has 4 rings (SSSR count). The van der Waals surface area contributed by atoms with Crippen LogP contribution in [0.5, 0.6) is 0 Å². The van der Waals surface area contributed by atoms with Crippen molar-refractivity contribution in [2.75, 3.05) is 17.6 Å². The van der Waals surface area contributed by atoms with E-state index >= 15 is 0 Å². The number of hydrogen-bond acceptors (Lipinski definition) is 7. The van der Waals surface area contributed by atoms with Gasteiger partial charge in [0, 0.05) is 35.1 Å². The Kier molecular flexibility index (Phi) is 7.04. The molecule has 4 heterocycles. The molecule has 0 atom stereocenters. The molecular weight excluding hydrogens is 444 g/mol. The molecule has 0 radical (unpaired) electrons. The Morgan fingerprint density at radius 3 is 3.00 bits per heavy atom. The number of fused-ring (bicyclic) bond motifs is 1. The van der Waals surface area contributed by atoms with Crippen molar-refractivity contribution in [2.45, 2.75) is 19.4 Å². The summed E-state index contributed by atoms with van der Waals surface area (Å²) in [6, 6.07) is 11.5. The third kappa shape index (κ3) is 5.28. The van der Waals surface area contributed by atoms with Gasteiger partial charge in [0.1, 0.15) is 16.8 Å². The second kappa shape index (κ2) is 10.3. The van der Waals surface area contributed by atoms with E-state index in [1.54, 1.807) is 29.3 Å². The van der Waals surface area contributed by atoms with E-state index < -0.39 is 0 Å². The molecule has 0 saturated carbocycles. The molecule has 2 amide bonds. The Labute approximate surface area is 193 Å². The third-order valence-corrected chi connectivity index (χ3v) is 6.96. The smallest absolute Gasteiger partial charge is 0.281 e. The van der Waals surface area contributed by atoms with E-state index in [1.165, 1.54) is 35.4 Å². The first-order chi connectivity index (χ1) is 15.6. The number of aromatic nitrogens is 1. The average Bonchev–Trinajstić information content (AvgIpc) is 3.45. The largest absolute Gasteiger partial charge is 0.465 e. The minimum absolute atomic E-state index is 0.0189. The third-order valence-electron chi connectivity index (χ3n) is 4.92. The summed E-state index contributed by atoms with van der Waals surface area (Å²) < 4.78 is 5.17. The van der Waals surface area contributed by atoms with Crippen molar-refractivity contribution in [3.63, 3.8) is 0 Å². The molecule has 1 aliphatic rings. The Bertz CT molecular complexity index is 1160. The van der Waals surface area contributed by atoms with Crippen LogP contribution in [0.2, 0.25) is 0 Å². The molecule has 0 aliphatic carbocycles. The van der Waals surface area contributed by atoms with Gasteiger partial charge in [-0.3, -0.25) is 14.6 Å². The zero-order valence-electron chi connectivity index (χ0n) is 17.1. The average molecular weight is 465 g/mol. The van der Waals surface area contributed by atoms with Crippen LogP contribution in [0.15, 0.2) is 53.3 Å². The molecule has 3 aromatic heterocycles. The fourth-order valence-corrected chi connectivity index (χ4v) is 5.38. The van der Waals surface area contributed by atoms with E-state index in [1.807, 2.05) is 18.2 Å². The van der Waals surface area contributed by atoms with Crippen molar-refractivity contribution in [1.82, 2.24) is 9.88 Å². The summed E-state index contributed by atoms with van der Waals surface area (Å²) in [6.07, 6.45) is 7.54. The van der Waals surface area contributed by atoms with Crippen LogP contribution in [0.3, 0.4) is 0 Å². The van der Waals surface area contributed by atoms with E-state index in [9.17, 15) is 14.9 Å². The quantitative estimate of drug-likeness (QED) is 0.530. The first kappa shape index (κ1) is 21.9. The van der Waals surface area contributed by atoms with Crippen LogP contribution >= 0.6 is 23.1 Å². The maximum absolute atomic E-state index is 12.7. The SMILES string of the molecule is N#Cc1c(NC(=O)C=Cc2ccco2)sc2c1CCN(C(=O)SCCc1ccccn1)C2. The minimum atomic E-state index is -0.338. The number of carbonyl (C=O) groups excluding carboxylic acids is 2. The van der Waals surface area contributed by atoms with Crippen molar-refractivity contribution in [1.29, 1.82) is 5.26 Å². The van der Waals surface area contributed by atoms with Gasteiger partial charge in [0.05, 0.1) is 18.4 Å². The highest BCUT2D eigenvalue weighted by molar-refractivity contribution is 8.13. The maximum atomic E-state index is 12.7. The number of hydrogen-bond donors (Lipinski definition) is 1. The molecule has 32 heavy (non-hydrogen) atoms. The molecule has 0 fully saturated rings. The first-order valence-electron chi connectivity index (χ1n) is 10.0. The van der Waals surface area contributed by atoms with Gasteiger partial charge in [-0.1, -0.05) is 17.8 Å². The van der Waals surface area contributed by atoms with Crippen molar-refractivity contribution < 1.29 is 14.0 Å². The van der Waals surface area contributed by atoms with E-state index in [2.05, 4.69) is 16.4 Å². The summed E-state index contributed by atoms with van der Waals surface area (Å²) >= 11 is 2.64. The number of nitriles is 1. The number of thiophene rings is 1. The van der Waals surface area contributed by atoms with E-state index in [0.29, 0.717) is 41.6 Å². The number of aryl methyl sites for hydroxylation is 1. The van der Waals surface area contributed by atoms with Crippen LogP contribution in [0.1, 0.15) is 27.5 Å². The molecule has 0 bridgehead atoms. The van der Waals surface area contributed by atoms with Gasteiger partial charge in [-0.05, 0) is 48.7 Å². The van der Waals surface area contributed by atoms with Crippen molar-refractivity contribution in [2.24, 2.45) is 0 Å². The summed E-state index contributed by atoms with van der Waals surface area (Å²) in [5.74, 6) is 0.895. The summed E-state index contributed by atoms with van der Waals surface area (Å²) in [5, 5.41) is 13.0. The predicted molar refractivity (Wildman–Crippen MR) is 125 cm³/mol. The number of anilines is 1. The molecule has 1 N–H and O–H groups in total. The van der Waals surface area contributed by atoms with Gasteiger partial charge in [0.25, 0.3) is 5.24 Å². The lowest BCUT2D eigenvalue weighted by Gasteiger charge is -2.26. The molecule has 7 nitrogen and oxygen atoms in total. The lowest BCUT2D eigenvalue weighted by Crippen LogP contribution is -2.33.